The van der Waals surface area contributed by atoms with E-state index in [0.29, 0.717) is 10.4 Å². The number of aryl methyl sites for hydroxylation is 1. The minimum absolute atomic E-state index is 0.249. The molecule has 0 fully saturated rings. The Morgan fingerprint density at radius 1 is 1.24 bits per heavy atom. The second kappa shape index (κ2) is 7.04. The van der Waals surface area contributed by atoms with E-state index in [1.165, 1.54) is 18.4 Å². The summed E-state index contributed by atoms with van der Waals surface area (Å²) in [6.45, 7) is 1.99. The molecule has 0 radical (unpaired) electrons. The van der Waals surface area contributed by atoms with Gasteiger partial charge >= 0.3 is 5.97 Å². The highest BCUT2D eigenvalue weighted by Gasteiger charge is 2.25. The Labute approximate surface area is 127 Å². The van der Waals surface area contributed by atoms with Crippen LogP contribution in [0.4, 0.5) is 0 Å². The Kier molecular flexibility index (Phi) is 5.11. The molecular formula is C16H17NO3S. The molecule has 4 nitrogen and oxygen atoms in total. The van der Waals surface area contributed by atoms with Crippen LogP contribution in [0.1, 0.15) is 33.8 Å². The van der Waals surface area contributed by atoms with Crippen molar-refractivity contribution >= 4 is 23.2 Å². The first-order chi connectivity index (χ1) is 10.2. The number of nitrogens with one attached hydrogen (secondary N) is 1. The van der Waals surface area contributed by atoms with E-state index in [2.05, 4.69) is 5.32 Å². The van der Waals surface area contributed by atoms with Crippen LogP contribution in [-0.2, 0) is 16.0 Å². The fraction of sp³-hybridized carbons (Fsp3) is 0.250. The second-order valence-electron chi connectivity index (χ2n) is 4.47. The van der Waals surface area contributed by atoms with Crippen LogP contribution in [0.3, 0.4) is 0 Å². The molecule has 2 rings (SSSR count). The smallest absolute Gasteiger partial charge is 0.333 e. The first kappa shape index (κ1) is 15.3. The summed E-state index contributed by atoms with van der Waals surface area (Å²) in [6, 6.07) is 10.2. The summed E-state index contributed by atoms with van der Waals surface area (Å²) in [7, 11) is 1.31. The molecule has 0 saturated heterocycles. The average molecular weight is 303 g/mol. The van der Waals surface area contributed by atoms with E-state index in [0.717, 1.165) is 12.0 Å². The van der Waals surface area contributed by atoms with E-state index in [1.54, 1.807) is 12.1 Å². The first-order valence-corrected chi connectivity index (χ1v) is 7.55. The lowest BCUT2D eigenvalue weighted by atomic mass is 10.1. The van der Waals surface area contributed by atoms with Crippen LogP contribution in [0.5, 0.6) is 0 Å². The highest BCUT2D eigenvalue weighted by atomic mass is 32.1. The largest absolute Gasteiger partial charge is 0.467 e. The Balaban J connectivity index is 2.24. The standard InChI is InChI=1S/C16H17NO3S/c1-3-11-9-10-21-14(11)15(18)17-13(16(19)20-2)12-7-5-4-6-8-12/h4-10,13H,3H2,1-2H3,(H,17,18). The molecule has 1 atom stereocenters. The van der Waals surface area contributed by atoms with Gasteiger partial charge in [0.25, 0.3) is 5.91 Å². The molecule has 110 valence electrons. The van der Waals surface area contributed by atoms with Crippen molar-refractivity contribution in [1.82, 2.24) is 5.32 Å². The lowest BCUT2D eigenvalue weighted by Gasteiger charge is -2.16. The normalized spacial score (nSPS) is 11.7. The molecule has 0 aliphatic carbocycles. The van der Waals surface area contributed by atoms with Crippen LogP contribution in [0.15, 0.2) is 41.8 Å². The molecule has 1 amide bonds. The van der Waals surface area contributed by atoms with E-state index in [4.69, 9.17) is 4.74 Å². The number of carbonyl (C=O) groups is 2. The number of hydrogen-bond donors (Lipinski definition) is 1. The van der Waals surface area contributed by atoms with Gasteiger partial charge in [0.05, 0.1) is 12.0 Å². The van der Waals surface area contributed by atoms with Crippen molar-refractivity contribution in [3.8, 4) is 0 Å². The van der Waals surface area contributed by atoms with Crippen molar-refractivity contribution in [3.05, 3.63) is 57.8 Å². The van der Waals surface area contributed by atoms with Gasteiger partial charge in [0, 0.05) is 0 Å². The summed E-state index contributed by atoms with van der Waals surface area (Å²) < 4.78 is 4.79. The van der Waals surface area contributed by atoms with E-state index in [9.17, 15) is 9.59 Å². The molecule has 21 heavy (non-hydrogen) atoms. The number of thiophene rings is 1. The van der Waals surface area contributed by atoms with Gasteiger partial charge in [-0.15, -0.1) is 11.3 Å². The van der Waals surface area contributed by atoms with Gasteiger partial charge in [0.1, 0.15) is 0 Å². The minimum atomic E-state index is -0.796. The van der Waals surface area contributed by atoms with Crippen molar-refractivity contribution < 1.29 is 14.3 Å². The molecule has 2 aromatic rings. The van der Waals surface area contributed by atoms with Crippen molar-refractivity contribution in [2.45, 2.75) is 19.4 Å². The van der Waals surface area contributed by atoms with E-state index < -0.39 is 12.0 Å². The molecule has 0 aliphatic rings. The van der Waals surface area contributed by atoms with E-state index >= 15 is 0 Å². The number of benzene rings is 1. The van der Waals surface area contributed by atoms with E-state index in [-0.39, 0.29) is 5.91 Å². The predicted molar refractivity (Wildman–Crippen MR) is 82.4 cm³/mol. The molecule has 1 unspecified atom stereocenters. The van der Waals surface area contributed by atoms with Gasteiger partial charge in [-0.25, -0.2) is 4.79 Å². The van der Waals surface area contributed by atoms with Gasteiger partial charge in [-0.3, -0.25) is 4.79 Å². The van der Waals surface area contributed by atoms with Crippen LogP contribution in [0.25, 0.3) is 0 Å². The van der Waals surface area contributed by atoms with Crippen molar-refractivity contribution in [2.24, 2.45) is 0 Å². The monoisotopic (exact) mass is 303 g/mol. The maximum absolute atomic E-state index is 12.4. The van der Waals surface area contributed by atoms with Gasteiger partial charge < -0.3 is 10.1 Å². The summed E-state index contributed by atoms with van der Waals surface area (Å²) in [4.78, 5) is 25.0. The van der Waals surface area contributed by atoms with Crippen LogP contribution >= 0.6 is 11.3 Å². The number of hydrogen-bond acceptors (Lipinski definition) is 4. The summed E-state index contributed by atoms with van der Waals surface area (Å²) in [5.41, 5.74) is 1.68. The number of carbonyl (C=O) groups excluding carboxylic acids is 2. The van der Waals surface area contributed by atoms with Gasteiger partial charge in [-0.05, 0) is 29.0 Å². The lowest BCUT2D eigenvalue weighted by molar-refractivity contribution is -0.143. The molecule has 0 saturated carbocycles. The molecule has 5 heteroatoms. The van der Waals surface area contributed by atoms with Crippen LogP contribution < -0.4 is 5.32 Å². The molecule has 1 aromatic carbocycles. The number of amides is 1. The number of ether oxygens (including phenoxy) is 1. The average Bonchev–Trinajstić information content (AvgIpc) is 3.01. The summed E-state index contributed by atoms with van der Waals surface area (Å²) in [6.07, 6.45) is 0.778. The minimum Gasteiger partial charge on any atom is -0.467 e. The quantitative estimate of drug-likeness (QED) is 0.864. The fourth-order valence-electron chi connectivity index (χ4n) is 2.05. The van der Waals surface area contributed by atoms with Crippen molar-refractivity contribution in [3.63, 3.8) is 0 Å². The summed E-state index contributed by atoms with van der Waals surface area (Å²) in [5, 5.41) is 4.64. The first-order valence-electron chi connectivity index (χ1n) is 6.67. The third kappa shape index (κ3) is 3.49. The number of methoxy groups -OCH3 is 1. The summed E-state index contributed by atoms with van der Waals surface area (Å²) in [5.74, 6) is -0.731. The predicted octanol–water partition coefficient (Wildman–Crippen LogP) is 2.95. The molecule has 0 spiro atoms. The van der Waals surface area contributed by atoms with Crippen LogP contribution in [0, 0.1) is 0 Å². The van der Waals surface area contributed by atoms with Gasteiger partial charge in [0.15, 0.2) is 6.04 Å². The fourth-order valence-corrected chi connectivity index (χ4v) is 2.95. The number of rotatable bonds is 5. The molecule has 0 aliphatic heterocycles. The van der Waals surface area contributed by atoms with Gasteiger partial charge in [0.2, 0.25) is 0 Å². The number of esters is 1. The SMILES string of the molecule is CCc1ccsc1C(=O)NC(C(=O)OC)c1ccccc1. The van der Waals surface area contributed by atoms with Gasteiger partial charge in [-0.2, -0.15) is 0 Å². The topological polar surface area (TPSA) is 55.4 Å². The maximum atomic E-state index is 12.4. The molecular weight excluding hydrogens is 286 g/mol. The molecule has 1 N–H and O–H groups in total. The Hall–Kier alpha value is -2.14. The van der Waals surface area contributed by atoms with Crippen LogP contribution in [0.2, 0.25) is 0 Å². The molecule has 0 bridgehead atoms. The summed E-state index contributed by atoms with van der Waals surface area (Å²) >= 11 is 1.37. The third-order valence-electron chi connectivity index (χ3n) is 3.18. The highest BCUT2D eigenvalue weighted by Crippen LogP contribution is 2.20. The zero-order valence-corrected chi connectivity index (χ0v) is 12.8. The Bertz CT molecular complexity index is 621. The molecule has 1 aromatic heterocycles. The maximum Gasteiger partial charge on any atom is 0.333 e. The van der Waals surface area contributed by atoms with Gasteiger partial charge in [-0.1, -0.05) is 37.3 Å². The molecule has 1 heterocycles. The zero-order chi connectivity index (χ0) is 15.2. The lowest BCUT2D eigenvalue weighted by Crippen LogP contribution is -2.34. The Morgan fingerprint density at radius 2 is 1.95 bits per heavy atom. The van der Waals surface area contributed by atoms with Crippen molar-refractivity contribution in [1.29, 1.82) is 0 Å². The zero-order valence-electron chi connectivity index (χ0n) is 12.0. The van der Waals surface area contributed by atoms with Crippen molar-refractivity contribution in [2.75, 3.05) is 7.11 Å². The second-order valence-corrected chi connectivity index (χ2v) is 5.38. The Morgan fingerprint density at radius 3 is 2.57 bits per heavy atom. The highest BCUT2D eigenvalue weighted by molar-refractivity contribution is 7.12. The third-order valence-corrected chi connectivity index (χ3v) is 4.13. The van der Waals surface area contributed by atoms with E-state index in [1.807, 2.05) is 36.6 Å². The van der Waals surface area contributed by atoms with Crippen LogP contribution in [-0.4, -0.2) is 19.0 Å².